The van der Waals surface area contributed by atoms with E-state index in [1.807, 2.05) is 42.6 Å². The molecule has 0 aliphatic heterocycles. The Morgan fingerprint density at radius 1 is 1.08 bits per heavy atom. The Kier molecular flexibility index (Phi) is 8.09. The predicted octanol–water partition coefficient (Wildman–Crippen LogP) is 5.66. The van der Waals surface area contributed by atoms with Crippen LogP contribution in [0, 0.1) is 25.7 Å². The smallest absolute Gasteiger partial charge is 0.307 e. The topological polar surface area (TPSA) is 75.0 Å². The third kappa shape index (κ3) is 5.92. The molecule has 0 N–H and O–H groups in total. The molecule has 7 heteroatoms. The Hall–Kier alpha value is -4.31. The molecule has 2 heterocycles. The van der Waals surface area contributed by atoms with Crippen LogP contribution in [-0.4, -0.2) is 34.3 Å². The molecular weight excluding hydrogens is 466 g/mol. The van der Waals surface area contributed by atoms with Gasteiger partial charge < -0.3 is 14.2 Å². The van der Waals surface area contributed by atoms with E-state index < -0.39 is 0 Å². The number of aryl methyl sites for hydroxylation is 2. The van der Waals surface area contributed by atoms with E-state index in [0.29, 0.717) is 19.0 Å². The van der Waals surface area contributed by atoms with Crippen LogP contribution < -0.4 is 9.47 Å². The van der Waals surface area contributed by atoms with Gasteiger partial charge >= 0.3 is 5.97 Å². The molecule has 0 saturated heterocycles. The fourth-order valence-corrected chi connectivity index (χ4v) is 4.51. The van der Waals surface area contributed by atoms with Crippen LogP contribution in [-0.2, 0) is 16.1 Å². The molecule has 1 atom stereocenters. The Bertz CT molecular complexity index is 1440. The van der Waals surface area contributed by atoms with Crippen molar-refractivity contribution in [1.29, 1.82) is 0 Å². The van der Waals surface area contributed by atoms with E-state index in [1.165, 1.54) is 0 Å². The van der Waals surface area contributed by atoms with Crippen molar-refractivity contribution in [2.24, 2.45) is 0 Å². The van der Waals surface area contributed by atoms with Gasteiger partial charge in [-0.2, -0.15) is 5.10 Å². The van der Waals surface area contributed by atoms with Crippen molar-refractivity contribution in [2.45, 2.75) is 46.6 Å². The highest BCUT2D eigenvalue weighted by Gasteiger charge is 2.16. The maximum atomic E-state index is 12.0. The maximum Gasteiger partial charge on any atom is 0.307 e. The first kappa shape index (κ1) is 25.8. The Morgan fingerprint density at radius 3 is 2.46 bits per heavy atom. The second-order valence-corrected chi connectivity index (χ2v) is 8.73. The summed E-state index contributed by atoms with van der Waals surface area (Å²) in [5.41, 5.74) is 7.01. The lowest BCUT2D eigenvalue weighted by Crippen LogP contribution is -2.09. The summed E-state index contributed by atoms with van der Waals surface area (Å²) < 4.78 is 18.4. The highest BCUT2D eigenvalue weighted by Crippen LogP contribution is 2.32. The van der Waals surface area contributed by atoms with Crippen LogP contribution in [0.5, 0.6) is 11.5 Å². The molecule has 0 amide bonds. The van der Waals surface area contributed by atoms with Crippen molar-refractivity contribution in [1.82, 2.24) is 14.6 Å². The standard InChI is InChI=1S/C30H31N3O4/c1-6-8-23(16-28(34)36-7-2)22-9-11-26(12-10-22)37-18-25-15-24(17-33-30(25)31-19-32-33)29-20(3)13-27(35-5)14-21(29)4/h9-15,17,19,23H,7,16,18H2,1-5H3/t23-/m0/s1. The number of pyridine rings is 1. The summed E-state index contributed by atoms with van der Waals surface area (Å²) in [6.45, 7) is 8.40. The lowest BCUT2D eigenvalue weighted by atomic mass is 9.95. The number of fused-ring (bicyclic) bond motifs is 1. The van der Waals surface area contributed by atoms with Crippen LogP contribution in [0.4, 0.5) is 0 Å². The SMILES string of the molecule is CC#C[C@@H](CC(=O)OCC)c1ccc(OCc2cc(-c3c(C)cc(OC)cc3C)cn3ncnc23)cc1. The minimum atomic E-state index is -0.255. The van der Waals surface area contributed by atoms with E-state index >= 15 is 0 Å². The molecule has 190 valence electrons. The van der Waals surface area contributed by atoms with Crippen molar-refractivity contribution < 1.29 is 19.0 Å². The van der Waals surface area contributed by atoms with Gasteiger partial charge in [-0.3, -0.25) is 4.79 Å². The van der Waals surface area contributed by atoms with Gasteiger partial charge in [-0.05, 0) is 80.3 Å². The van der Waals surface area contributed by atoms with Gasteiger partial charge in [0.25, 0.3) is 0 Å². The van der Waals surface area contributed by atoms with Crippen molar-refractivity contribution in [3.63, 3.8) is 0 Å². The fourth-order valence-electron chi connectivity index (χ4n) is 4.51. The Labute approximate surface area is 217 Å². The first-order valence-electron chi connectivity index (χ1n) is 12.2. The number of rotatable bonds is 9. The lowest BCUT2D eigenvalue weighted by Gasteiger charge is -2.15. The van der Waals surface area contributed by atoms with Crippen LogP contribution in [0.15, 0.2) is 55.0 Å². The third-order valence-electron chi connectivity index (χ3n) is 6.15. The first-order valence-corrected chi connectivity index (χ1v) is 12.2. The van der Waals surface area contributed by atoms with Crippen molar-refractivity contribution >= 4 is 11.6 Å². The van der Waals surface area contributed by atoms with E-state index in [2.05, 4.69) is 41.8 Å². The number of hydrogen-bond acceptors (Lipinski definition) is 6. The Balaban J connectivity index is 1.56. The van der Waals surface area contributed by atoms with Crippen LogP contribution in [0.2, 0.25) is 0 Å². The molecule has 0 aliphatic rings. The zero-order chi connectivity index (χ0) is 26.4. The van der Waals surface area contributed by atoms with E-state index in [-0.39, 0.29) is 18.3 Å². The number of esters is 1. The number of ether oxygens (including phenoxy) is 3. The molecule has 2 aromatic carbocycles. The molecule has 7 nitrogen and oxygen atoms in total. The van der Waals surface area contributed by atoms with Crippen molar-refractivity contribution in [3.05, 3.63) is 77.2 Å². The number of aromatic nitrogens is 3. The molecule has 0 spiro atoms. The second-order valence-electron chi connectivity index (χ2n) is 8.73. The van der Waals surface area contributed by atoms with E-state index in [0.717, 1.165) is 44.8 Å². The first-order chi connectivity index (χ1) is 17.9. The van der Waals surface area contributed by atoms with Gasteiger partial charge in [0.2, 0.25) is 0 Å². The fraction of sp³-hybridized carbons (Fsp3) is 0.300. The predicted molar refractivity (Wildman–Crippen MR) is 143 cm³/mol. The summed E-state index contributed by atoms with van der Waals surface area (Å²) in [4.78, 5) is 16.4. The molecule has 0 fully saturated rings. The van der Waals surface area contributed by atoms with Gasteiger partial charge in [0, 0.05) is 17.3 Å². The summed E-state index contributed by atoms with van der Waals surface area (Å²) in [5.74, 6) is 7.09. The highest BCUT2D eigenvalue weighted by molar-refractivity contribution is 5.74. The normalized spacial score (nSPS) is 11.5. The van der Waals surface area contributed by atoms with E-state index in [9.17, 15) is 4.79 Å². The van der Waals surface area contributed by atoms with Gasteiger partial charge in [-0.25, -0.2) is 9.50 Å². The van der Waals surface area contributed by atoms with Gasteiger partial charge in [0.15, 0.2) is 5.65 Å². The van der Waals surface area contributed by atoms with Gasteiger partial charge in [-0.15, -0.1) is 5.92 Å². The molecule has 0 aliphatic carbocycles. The Morgan fingerprint density at radius 2 is 1.81 bits per heavy atom. The quantitative estimate of drug-likeness (QED) is 0.219. The number of hydrogen-bond donors (Lipinski definition) is 0. The molecule has 0 saturated carbocycles. The van der Waals surface area contributed by atoms with Crippen LogP contribution in [0.25, 0.3) is 16.8 Å². The van der Waals surface area contributed by atoms with E-state index in [1.54, 1.807) is 31.8 Å². The molecule has 4 aromatic rings. The van der Waals surface area contributed by atoms with Gasteiger partial charge in [0.05, 0.1) is 26.1 Å². The summed E-state index contributed by atoms with van der Waals surface area (Å²) >= 11 is 0. The largest absolute Gasteiger partial charge is 0.497 e. The molecule has 4 rings (SSSR count). The lowest BCUT2D eigenvalue weighted by molar-refractivity contribution is -0.143. The molecule has 0 radical (unpaired) electrons. The summed E-state index contributed by atoms with van der Waals surface area (Å²) in [6.07, 6.45) is 3.75. The highest BCUT2D eigenvalue weighted by atomic mass is 16.5. The third-order valence-corrected chi connectivity index (χ3v) is 6.15. The molecule has 0 bridgehead atoms. The van der Waals surface area contributed by atoms with Crippen LogP contribution in [0.1, 0.15) is 48.4 Å². The van der Waals surface area contributed by atoms with Crippen molar-refractivity contribution in [3.8, 4) is 34.5 Å². The molecule has 0 unspecified atom stereocenters. The zero-order valence-corrected chi connectivity index (χ0v) is 21.9. The minimum absolute atomic E-state index is 0.219. The molecule has 37 heavy (non-hydrogen) atoms. The maximum absolute atomic E-state index is 12.0. The summed E-state index contributed by atoms with van der Waals surface area (Å²) in [7, 11) is 1.68. The summed E-state index contributed by atoms with van der Waals surface area (Å²) in [6, 6.07) is 13.8. The van der Waals surface area contributed by atoms with Crippen molar-refractivity contribution in [2.75, 3.05) is 13.7 Å². The zero-order valence-electron chi connectivity index (χ0n) is 21.9. The number of methoxy groups -OCH3 is 1. The van der Waals surface area contributed by atoms with Gasteiger partial charge in [0.1, 0.15) is 24.4 Å². The number of carbonyl (C=O) groups is 1. The second kappa shape index (κ2) is 11.6. The summed E-state index contributed by atoms with van der Waals surface area (Å²) in [5, 5.41) is 4.37. The van der Waals surface area contributed by atoms with E-state index in [4.69, 9.17) is 14.2 Å². The number of carbonyl (C=O) groups excluding carboxylic acids is 1. The monoisotopic (exact) mass is 497 g/mol. The minimum Gasteiger partial charge on any atom is -0.497 e. The van der Waals surface area contributed by atoms with Crippen LogP contribution in [0.3, 0.4) is 0 Å². The average molecular weight is 498 g/mol. The molecule has 2 aromatic heterocycles. The number of benzene rings is 2. The van der Waals surface area contributed by atoms with Crippen LogP contribution >= 0.6 is 0 Å². The molecular formula is C30H31N3O4. The van der Waals surface area contributed by atoms with Gasteiger partial charge in [-0.1, -0.05) is 18.1 Å². The average Bonchev–Trinajstić information content (AvgIpc) is 3.36. The number of nitrogens with zero attached hydrogens (tertiary/aromatic N) is 3.